The highest BCUT2D eigenvalue weighted by Crippen LogP contribution is 2.23. The number of hydrogen-bond donors (Lipinski definition) is 2. The highest BCUT2D eigenvalue weighted by molar-refractivity contribution is 5.76. The monoisotopic (exact) mass is 397 g/mol. The first-order chi connectivity index (χ1) is 14.0. The minimum atomic E-state index is -0.243. The van der Waals surface area contributed by atoms with Gasteiger partial charge in [-0.3, -0.25) is 9.89 Å². The van der Waals surface area contributed by atoms with Crippen LogP contribution in [0.4, 0.5) is 0 Å². The maximum atomic E-state index is 12.3. The van der Waals surface area contributed by atoms with Gasteiger partial charge in [-0.1, -0.05) is 13.8 Å². The molecule has 2 aromatic heterocycles. The van der Waals surface area contributed by atoms with Crippen LogP contribution < -0.4 is 10.1 Å². The van der Waals surface area contributed by atoms with Crippen molar-refractivity contribution in [3.05, 3.63) is 48.0 Å². The van der Waals surface area contributed by atoms with Crippen LogP contribution in [-0.2, 0) is 11.2 Å². The lowest BCUT2D eigenvalue weighted by Crippen LogP contribution is -2.27. The van der Waals surface area contributed by atoms with Crippen LogP contribution in [0.25, 0.3) is 11.3 Å². The van der Waals surface area contributed by atoms with E-state index < -0.39 is 0 Å². The second-order valence-corrected chi connectivity index (χ2v) is 7.02. The van der Waals surface area contributed by atoms with Crippen molar-refractivity contribution >= 4 is 5.91 Å². The van der Waals surface area contributed by atoms with E-state index in [0.717, 1.165) is 23.6 Å². The molecule has 29 heavy (non-hydrogen) atoms. The van der Waals surface area contributed by atoms with E-state index in [1.165, 1.54) is 0 Å². The molecule has 0 bridgehead atoms. The maximum absolute atomic E-state index is 12.3. The van der Waals surface area contributed by atoms with Gasteiger partial charge in [-0.05, 0) is 37.6 Å². The van der Waals surface area contributed by atoms with Crippen LogP contribution in [0.2, 0.25) is 0 Å². The van der Waals surface area contributed by atoms with Gasteiger partial charge in [0.1, 0.15) is 11.6 Å². The first-order valence-electron chi connectivity index (χ1n) is 9.80. The summed E-state index contributed by atoms with van der Waals surface area (Å²) in [5.41, 5.74) is 0.907. The number of amides is 1. The van der Waals surface area contributed by atoms with Gasteiger partial charge in [0.25, 0.3) is 0 Å². The zero-order chi connectivity index (χ0) is 20.8. The summed E-state index contributed by atoms with van der Waals surface area (Å²) in [6.45, 7) is 6.05. The molecular weight excluding hydrogens is 370 g/mol. The van der Waals surface area contributed by atoms with Crippen LogP contribution in [0.1, 0.15) is 63.1 Å². The van der Waals surface area contributed by atoms with E-state index in [9.17, 15) is 4.79 Å². The van der Waals surface area contributed by atoms with Gasteiger partial charge in [0.05, 0.1) is 19.3 Å². The Morgan fingerprint density at radius 1 is 1.28 bits per heavy atom. The van der Waals surface area contributed by atoms with Gasteiger partial charge in [-0.25, -0.2) is 9.97 Å². The first kappa shape index (κ1) is 20.6. The molecule has 8 nitrogen and oxygen atoms in total. The largest absolute Gasteiger partial charge is 0.497 e. The van der Waals surface area contributed by atoms with Crippen molar-refractivity contribution in [2.24, 2.45) is 0 Å². The fourth-order valence-electron chi connectivity index (χ4n) is 2.80. The van der Waals surface area contributed by atoms with Gasteiger partial charge in [0.2, 0.25) is 5.91 Å². The smallest absolute Gasteiger partial charge is 0.221 e. The number of rotatable bonds is 9. The maximum Gasteiger partial charge on any atom is 0.221 e. The molecule has 0 radical (unpaired) electrons. The number of aryl methyl sites for hydroxylation is 1. The Bertz CT molecular complexity index is 932. The van der Waals surface area contributed by atoms with Crippen LogP contribution in [0.5, 0.6) is 5.75 Å². The Labute approximate surface area is 170 Å². The molecular formula is C21H27N5O3. The molecule has 3 aromatic rings. The topological polar surface area (TPSA) is 106 Å². The number of aromatic amines is 1. The third-order valence-electron chi connectivity index (χ3n) is 4.85. The fraction of sp³-hybridized carbons (Fsp3) is 0.429. The number of nitrogens with zero attached hydrogens (tertiary/aromatic N) is 3. The number of oxazole rings is 1. The Balaban J connectivity index is 1.51. The van der Waals surface area contributed by atoms with Crippen LogP contribution in [-0.4, -0.2) is 33.2 Å². The summed E-state index contributed by atoms with van der Waals surface area (Å²) >= 11 is 0. The summed E-state index contributed by atoms with van der Waals surface area (Å²) in [6.07, 6.45) is 3.33. The first-order valence-corrected chi connectivity index (χ1v) is 9.80. The summed E-state index contributed by atoms with van der Waals surface area (Å²) in [4.78, 5) is 21.0. The zero-order valence-electron chi connectivity index (χ0n) is 17.2. The lowest BCUT2D eigenvalue weighted by Gasteiger charge is -2.10. The summed E-state index contributed by atoms with van der Waals surface area (Å²) < 4.78 is 10.9. The van der Waals surface area contributed by atoms with E-state index >= 15 is 0 Å². The second kappa shape index (κ2) is 9.36. The molecule has 1 amide bonds. The summed E-state index contributed by atoms with van der Waals surface area (Å²) in [5.74, 6) is 3.59. The SMILES string of the molecule is CCC(C)c1n[nH]c(C(C)NC(=O)CCc2ncc(-c3ccc(OC)cc3)o2)n1. The predicted octanol–water partition coefficient (Wildman–Crippen LogP) is 3.79. The van der Waals surface area contributed by atoms with Crippen molar-refractivity contribution < 1.29 is 13.9 Å². The second-order valence-electron chi connectivity index (χ2n) is 7.02. The molecule has 8 heteroatoms. The molecule has 2 N–H and O–H groups in total. The molecule has 0 saturated heterocycles. The van der Waals surface area contributed by atoms with Gasteiger partial charge in [-0.2, -0.15) is 5.10 Å². The van der Waals surface area contributed by atoms with E-state index in [4.69, 9.17) is 9.15 Å². The number of hydrogen-bond acceptors (Lipinski definition) is 6. The lowest BCUT2D eigenvalue weighted by molar-refractivity contribution is -0.121. The average Bonchev–Trinajstić information content (AvgIpc) is 3.42. The number of nitrogens with one attached hydrogen (secondary N) is 2. The third kappa shape index (κ3) is 5.22. The Morgan fingerprint density at radius 2 is 2.03 bits per heavy atom. The molecule has 2 unspecified atom stereocenters. The minimum absolute atomic E-state index is 0.0943. The highest BCUT2D eigenvalue weighted by Gasteiger charge is 2.17. The van der Waals surface area contributed by atoms with Crippen molar-refractivity contribution in [3.63, 3.8) is 0 Å². The van der Waals surface area contributed by atoms with Crippen molar-refractivity contribution in [2.45, 2.75) is 52.0 Å². The summed E-state index contributed by atoms with van der Waals surface area (Å²) in [7, 11) is 1.63. The molecule has 0 saturated carbocycles. The average molecular weight is 397 g/mol. The molecule has 1 aromatic carbocycles. The fourth-order valence-corrected chi connectivity index (χ4v) is 2.80. The molecule has 154 valence electrons. The zero-order valence-corrected chi connectivity index (χ0v) is 17.2. The van der Waals surface area contributed by atoms with Crippen LogP contribution in [0.15, 0.2) is 34.9 Å². The Kier molecular flexibility index (Phi) is 6.64. The van der Waals surface area contributed by atoms with Crippen molar-refractivity contribution in [1.82, 2.24) is 25.5 Å². The molecule has 0 spiro atoms. The van der Waals surface area contributed by atoms with Crippen molar-refractivity contribution in [1.29, 1.82) is 0 Å². The molecule has 0 fully saturated rings. The van der Waals surface area contributed by atoms with Gasteiger partial charge < -0.3 is 14.5 Å². The normalized spacial score (nSPS) is 13.1. The number of aromatic nitrogens is 4. The standard InChI is InChI=1S/C21H27N5O3/c1-5-13(2)20-24-21(26-25-20)14(3)23-18(27)10-11-19-22-12-17(29-19)15-6-8-16(28-4)9-7-15/h6-9,12-14H,5,10-11H2,1-4H3,(H,23,27)(H,24,25,26). The predicted molar refractivity (Wildman–Crippen MR) is 108 cm³/mol. The van der Waals surface area contributed by atoms with Gasteiger partial charge >= 0.3 is 0 Å². The van der Waals surface area contributed by atoms with Gasteiger partial charge in [0, 0.05) is 24.3 Å². The van der Waals surface area contributed by atoms with Crippen LogP contribution in [0, 0.1) is 0 Å². The van der Waals surface area contributed by atoms with Crippen LogP contribution >= 0.6 is 0 Å². The summed E-state index contributed by atoms with van der Waals surface area (Å²) in [6, 6.07) is 7.29. The summed E-state index contributed by atoms with van der Waals surface area (Å²) in [5, 5.41) is 10.1. The number of benzene rings is 1. The number of carbonyl (C=O) groups is 1. The van der Waals surface area contributed by atoms with Crippen molar-refractivity contribution in [2.75, 3.05) is 7.11 Å². The van der Waals surface area contributed by atoms with E-state index in [2.05, 4.69) is 39.3 Å². The number of carbonyl (C=O) groups excluding carboxylic acids is 1. The molecule has 2 heterocycles. The third-order valence-corrected chi connectivity index (χ3v) is 4.85. The Hall–Kier alpha value is -3.16. The van der Waals surface area contributed by atoms with Gasteiger partial charge in [0.15, 0.2) is 17.5 Å². The Morgan fingerprint density at radius 3 is 2.72 bits per heavy atom. The minimum Gasteiger partial charge on any atom is -0.497 e. The number of H-pyrrole nitrogens is 1. The van der Waals surface area contributed by atoms with E-state index in [1.807, 2.05) is 31.2 Å². The molecule has 2 atom stereocenters. The number of ether oxygens (including phenoxy) is 1. The number of methoxy groups -OCH3 is 1. The lowest BCUT2D eigenvalue weighted by atomic mass is 10.1. The van der Waals surface area contributed by atoms with E-state index in [0.29, 0.717) is 23.9 Å². The molecule has 3 rings (SSSR count). The quantitative estimate of drug-likeness (QED) is 0.569. The highest BCUT2D eigenvalue weighted by atomic mass is 16.5. The van der Waals surface area contributed by atoms with Crippen molar-refractivity contribution in [3.8, 4) is 17.1 Å². The van der Waals surface area contributed by atoms with E-state index in [1.54, 1.807) is 13.3 Å². The van der Waals surface area contributed by atoms with E-state index in [-0.39, 0.29) is 24.3 Å². The molecule has 0 aliphatic carbocycles. The molecule has 0 aliphatic rings. The van der Waals surface area contributed by atoms with Gasteiger partial charge in [-0.15, -0.1) is 0 Å². The molecule has 0 aliphatic heterocycles. The van der Waals surface area contributed by atoms with Crippen LogP contribution in [0.3, 0.4) is 0 Å².